The molecule has 0 spiro atoms. The van der Waals surface area contributed by atoms with E-state index in [2.05, 4.69) is 15.5 Å². The lowest BCUT2D eigenvalue weighted by atomic mass is 10.2. The highest BCUT2D eigenvalue weighted by Crippen LogP contribution is 2.25. The van der Waals surface area contributed by atoms with Gasteiger partial charge in [0, 0.05) is 5.56 Å². The van der Waals surface area contributed by atoms with Crippen LogP contribution in [0.4, 0.5) is 0 Å². The molecule has 4 nitrogen and oxygen atoms in total. The van der Waals surface area contributed by atoms with Crippen molar-refractivity contribution in [2.75, 3.05) is 6.54 Å². The van der Waals surface area contributed by atoms with Gasteiger partial charge >= 0.3 is 0 Å². The first-order valence-electron chi connectivity index (χ1n) is 5.56. The van der Waals surface area contributed by atoms with Crippen LogP contribution in [0.1, 0.15) is 24.8 Å². The smallest absolute Gasteiger partial charge is 0.247 e. The molecule has 1 fully saturated rings. The quantitative estimate of drug-likeness (QED) is 0.834. The van der Waals surface area contributed by atoms with E-state index in [4.69, 9.17) is 4.42 Å². The zero-order chi connectivity index (χ0) is 10.8. The summed E-state index contributed by atoms with van der Waals surface area (Å²) in [5.74, 6) is 1.31. The van der Waals surface area contributed by atoms with Crippen molar-refractivity contribution in [3.8, 4) is 11.5 Å². The van der Waals surface area contributed by atoms with E-state index in [1.54, 1.807) is 0 Å². The van der Waals surface area contributed by atoms with E-state index in [1.165, 1.54) is 6.42 Å². The van der Waals surface area contributed by atoms with Gasteiger partial charge in [-0.05, 0) is 31.5 Å². The Hall–Kier alpha value is -1.68. The number of nitrogens with zero attached hydrogens (tertiary/aromatic N) is 2. The maximum absolute atomic E-state index is 5.67. The van der Waals surface area contributed by atoms with E-state index >= 15 is 0 Å². The van der Waals surface area contributed by atoms with Gasteiger partial charge in [0.05, 0.1) is 6.04 Å². The van der Waals surface area contributed by atoms with Crippen molar-refractivity contribution in [3.63, 3.8) is 0 Å². The second kappa shape index (κ2) is 4.06. The van der Waals surface area contributed by atoms with Crippen LogP contribution in [0.3, 0.4) is 0 Å². The molecule has 2 heterocycles. The summed E-state index contributed by atoms with van der Waals surface area (Å²) in [5, 5.41) is 11.5. The number of hydrogen-bond acceptors (Lipinski definition) is 4. The third-order valence-corrected chi connectivity index (χ3v) is 2.82. The van der Waals surface area contributed by atoms with E-state index in [0.717, 1.165) is 18.5 Å². The summed E-state index contributed by atoms with van der Waals surface area (Å²) in [5.41, 5.74) is 0.972. The molecule has 3 rings (SSSR count). The molecule has 1 aromatic heterocycles. The molecule has 0 radical (unpaired) electrons. The summed E-state index contributed by atoms with van der Waals surface area (Å²) in [7, 11) is 0. The molecule has 0 aliphatic carbocycles. The summed E-state index contributed by atoms with van der Waals surface area (Å²) < 4.78 is 5.67. The number of nitrogens with one attached hydrogen (secondary N) is 1. The lowest BCUT2D eigenvalue weighted by molar-refractivity contribution is 0.437. The molecule has 1 saturated heterocycles. The second-order valence-corrected chi connectivity index (χ2v) is 3.96. The van der Waals surface area contributed by atoms with Gasteiger partial charge in [-0.3, -0.25) is 0 Å². The monoisotopic (exact) mass is 215 g/mol. The molecule has 82 valence electrons. The molecule has 0 amide bonds. The molecule has 4 heteroatoms. The minimum Gasteiger partial charge on any atom is -0.419 e. The molecule has 0 bridgehead atoms. The van der Waals surface area contributed by atoms with Crippen LogP contribution in [0.15, 0.2) is 34.7 Å². The minimum atomic E-state index is 0.241. The normalized spacial score (nSPS) is 20.1. The zero-order valence-corrected chi connectivity index (χ0v) is 8.89. The van der Waals surface area contributed by atoms with Crippen molar-refractivity contribution in [1.82, 2.24) is 15.5 Å². The second-order valence-electron chi connectivity index (χ2n) is 3.96. The Bertz CT molecular complexity index is 460. The molecule has 2 aromatic rings. The average Bonchev–Trinajstić information content (AvgIpc) is 3.01. The summed E-state index contributed by atoms with van der Waals surface area (Å²) >= 11 is 0. The molecule has 1 aromatic carbocycles. The highest BCUT2D eigenvalue weighted by molar-refractivity contribution is 5.51. The minimum absolute atomic E-state index is 0.241. The van der Waals surface area contributed by atoms with E-state index in [9.17, 15) is 0 Å². The molecule has 0 saturated carbocycles. The zero-order valence-electron chi connectivity index (χ0n) is 8.89. The highest BCUT2D eigenvalue weighted by Gasteiger charge is 2.22. The predicted octanol–water partition coefficient (Wildman–Crippen LogP) is 2.16. The predicted molar refractivity (Wildman–Crippen MR) is 59.7 cm³/mol. The number of benzene rings is 1. The van der Waals surface area contributed by atoms with Gasteiger partial charge in [-0.1, -0.05) is 18.2 Å². The summed E-state index contributed by atoms with van der Waals surface area (Å²) in [6.07, 6.45) is 2.25. The molecular weight excluding hydrogens is 202 g/mol. The van der Waals surface area contributed by atoms with Crippen molar-refractivity contribution in [1.29, 1.82) is 0 Å². The standard InChI is InChI=1S/C12H13N3O/c1-2-5-9(6-3-1)11-14-15-12(16-11)10-7-4-8-13-10/h1-3,5-6,10,13H,4,7-8H2/t10-/m0/s1. The fraction of sp³-hybridized carbons (Fsp3) is 0.333. The van der Waals surface area contributed by atoms with Crippen LogP contribution >= 0.6 is 0 Å². The Morgan fingerprint density at radius 3 is 2.81 bits per heavy atom. The largest absolute Gasteiger partial charge is 0.419 e. The third-order valence-electron chi connectivity index (χ3n) is 2.82. The van der Waals surface area contributed by atoms with E-state index in [1.807, 2.05) is 30.3 Å². The highest BCUT2D eigenvalue weighted by atomic mass is 16.4. The molecule has 1 atom stereocenters. The van der Waals surface area contributed by atoms with Crippen LogP contribution in [-0.2, 0) is 0 Å². The lowest BCUT2D eigenvalue weighted by Crippen LogP contribution is -2.12. The Labute approximate surface area is 93.7 Å². The van der Waals surface area contributed by atoms with Gasteiger partial charge in [0.25, 0.3) is 0 Å². The van der Waals surface area contributed by atoms with Gasteiger partial charge in [0.1, 0.15) is 0 Å². The lowest BCUT2D eigenvalue weighted by Gasteiger charge is -2.02. The van der Waals surface area contributed by atoms with Crippen LogP contribution in [0.2, 0.25) is 0 Å². The first-order valence-corrected chi connectivity index (χ1v) is 5.56. The Morgan fingerprint density at radius 1 is 1.19 bits per heavy atom. The first kappa shape index (κ1) is 9.54. The summed E-state index contributed by atoms with van der Waals surface area (Å²) in [6, 6.07) is 10.1. The molecular formula is C12H13N3O. The molecule has 0 unspecified atom stereocenters. The first-order chi connectivity index (χ1) is 7.93. The van der Waals surface area contributed by atoms with Crippen molar-refractivity contribution in [2.24, 2.45) is 0 Å². The van der Waals surface area contributed by atoms with Gasteiger partial charge < -0.3 is 9.73 Å². The van der Waals surface area contributed by atoms with Crippen molar-refractivity contribution in [2.45, 2.75) is 18.9 Å². The van der Waals surface area contributed by atoms with E-state index in [-0.39, 0.29) is 6.04 Å². The van der Waals surface area contributed by atoms with E-state index in [0.29, 0.717) is 11.8 Å². The number of hydrogen-bond donors (Lipinski definition) is 1. The van der Waals surface area contributed by atoms with Gasteiger partial charge in [-0.2, -0.15) is 0 Å². The molecule has 1 N–H and O–H groups in total. The fourth-order valence-electron chi connectivity index (χ4n) is 1.97. The van der Waals surface area contributed by atoms with Crippen LogP contribution in [0, 0.1) is 0 Å². The van der Waals surface area contributed by atoms with Crippen LogP contribution in [-0.4, -0.2) is 16.7 Å². The van der Waals surface area contributed by atoms with Crippen molar-refractivity contribution in [3.05, 3.63) is 36.2 Å². The maximum Gasteiger partial charge on any atom is 0.247 e. The SMILES string of the molecule is c1ccc(-c2nnc([C@@H]3CCCN3)o2)cc1. The van der Waals surface area contributed by atoms with Crippen molar-refractivity contribution < 1.29 is 4.42 Å². The summed E-state index contributed by atoms with van der Waals surface area (Å²) in [4.78, 5) is 0. The Morgan fingerprint density at radius 2 is 2.06 bits per heavy atom. The maximum atomic E-state index is 5.67. The Kier molecular flexibility index (Phi) is 2.42. The van der Waals surface area contributed by atoms with Gasteiger partial charge in [-0.15, -0.1) is 10.2 Å². The van der Waals surface area contributed by atoms with E-state index < -0.39 is 0 Å². The Balaban J connectivity index is 1.87. The molecule has 1 aliphatic heterocycles. The average molecular weight is 215 g/mol. The summed E-state index contributed by atoms with van der Waals surface area (Å²) in [6.45, 7) is 1.04. The van der Waals surface area contributed by atoms with Crippen molar-refractivity contribution >= 4 is 0 Å². The topological polar surface area (TPSA) is 51.0 Å². The van der Waals surface area contributed by atoms with Crippen LogP contribution in [0.5, 0.6) is 0 Å². The van der Waals surface area contributed by atoms with Gasteiger partial charge in [0.15, 0.2) is 0 Å². The third kappa shape index (κ3) is 1.72. The fourth-order valence-corrected chi connectivity index (χ4v) is 1.97. The molecule has 1 aliphatic rings. The van der Waals surface area contributed by atoms with Gasteiger partial charge in [0.2, 0.25) is 11.8 Å². The number of aromatic nitrogens is 2. The number of rotatable bonds is 2. The van der Waals surface area contributed by atoms with Crippen LogP contribution in [0.25, 0.3) is 11.5 Å². The van der Waals surface area contributed by atoms with Crippen LogP contribution < -0.4 is 5.32 Å². The van der Waals surface area contributed by atoms with Gasteiger partial charge in [-0.25, -0.2) is 0 Å². The molecule has 16 heavy (non-hydrogen) atoms.